The van der Waals surface area contributed by atoms with Gasteiger partial charge >= 0.3 is 5.97 Å². The summed E-state index contributed by atoms with van der Waals surface area (Å²) in [6.45, 7) is 1.36. The molecule has 0 aromatic carbocycles. The van der Waals surface area contributed by atoms with Gasteiger partial charge in [-0.15, -0.1) is 0 Å². The second kappa shape index (κ2) is 4.23. The molecule has 8 heavy (non-hydrogen) atoms. The number of nitrogens with zero attached hydrogens (tertiary/aromatic N) is 2. The third-order valence-corrected chi connectivity index (χ3v) is 0.467. The molecular formula is C4H8N2O2. The zero-order valence-electron chi connectivity index (χ0n) is 4.92. The Morgan fingerprint density at radius 1 is 1.75 bits per heavy atom. The maximum atomic E-state index is 9.99. The van der Waals surface area contributed by atoms with E-state index in [1.54, 1.807) is 0 Å². The van der Waals surface area contributed by atoms with Crippen molar-refractivity contribution in [3.8, 4) is 0 Å². The molecule has 0 aromatic heterocycles. The Labute approximate surface area is 47.6 Å². The summed E-state index contributed by atoms with van der Waals surface area (Å²) in [4.78, 5) is 9.99. The van der Waals surface area contributed by atoms with Crippen molar-refractivity contribution in [1.82, 2.24) is 0 Å². The highest BCUT2D eigenvalue weighted by atomic mass is 16.5. The molecule has 0 aliphatic carbocycles. The van der Waals surface area contributed by atoms with Gasteiger partial charge in [0.05, 0.1) is 0 Å². The van der Waals surface area contributed by atoms with E-state index < -0.39 is 0 Å². The number of hydrogen-bond acceptors (Lipinski definition) is 4. The number of carbonyl (C=O) groups excluding carboxylic acids is 1. The third-order valence-electron chi connectivity index (χ3n) is 0.467. The highest BCUT2D eigenvalue weighted by molar-refractivity contribution is 5.65. The van der Waals surface area contributed by atoms with Gasteiger partial charge in [0.1, 0.15) is 0 Å². The van der Waals surface area contributed by atoms with Gasteiger partial charge in [0.15, 0.2) is 0 Å². The summed E-state index contributed by atoms with van der Waals surface area (Å²) in [6.07, 6.45) is 0. The molecule has 0 heterocycles. The van der Waals surface area contributed by atoms with Crippen molar-refractivity contribution >= 4 is 5.97 Å². The molecule has 0 saturated heterocycles. The van der Waals surface area contributed by atoms with Crippen LogP contribution in [0.4, 0.5) is 0 Å². The lowest BCUT2D eigenvalue weighted by Crippen LogP contribution is -1.96. The second-order valence-electron chi connectivity index (χ2n) is 1.11. The summed E-state index contributed by atoms with van der Waals surface area (Å²) >= 11 is 0. The molecule has 4 nitrogen and oxygen atoms in total. The Balaban J connectivity index is 3.05. The van der Waals surface area contributed by atoms with E-state index in [4.69, 9.17) is 0 Å². The quantitative estimate of drug-likeness (QED) is 0.391. The molecule has 0 rings (SSSR count). The Kier molecular flexibility index (Phi) is 3.74. The van der Waals surface area contributed by atoms with Crippen LogP contribution in [0, 0.1) is 0 Å². The van der Waals surface area contributed by atoms with Crippen molar-refractivity contribution in [2.75, 3.05) is 13.8 Å². The maximum absolute atomic E-state index is 9.99. The fourth-order valence-corrected chi connectivity index (χ4v) is 0.178. The lowest BCUT2D eigenvalue weighted by molar-refractivity contribution is -0.140. The van der Waals surface area contributed by atoms with Crippen molar-refractivity contribution in [2.45, 2.75) is 6.92 Å². The Bertz CT molecular complexity index is 100. The van der Waals surface area contributed by atoms with E-state index in [0.29, 0.717) is 0 Å². The first-order valence-corrected chi connectivity index (χ1v) is 2.16. The van der Waals surface area contributed by atoms with E-state index in [9.17, 15) is 4.79 Å². The van der Waals surface area contributed by atoms with Crippen LogP contribution in [0.1, 0.15) is 6.92 Å². The molecule has 0 unspecified atom stereocenters. The van der Waals surface area contributed by atoms with Gasteiger partial charge < -0.3 is 4.74 Å². The van der Waals surface area contributed by atoms with Crippen LogP contribution in [0.15, 0.2) is 10.2 Å². The molecule has 0 bridgehead atoms. The van der Waals surface area contributed by atoms with Crippen LogP contribution >= 0.6 is 0 Å². The summed E-state index contributed by atoms with van der Waals surface area (Å²) in [6, 6.07) is 0. The van der Waals surface area contributed by atoms with Crippen LogP contribution in [0.5, 0.6) is 0 Å². The van der Waals surface area contributed by atoms with Gasteiger partial charge in [-0.3, -0.25) is 4.79 Å². The summed E-state index contributed by atoms with van der Waals surface area (Å²) in [7, 11) is 1.52. The zero-order valence-corrected chi connectivity index (χ0v) is 4.92. The minimum absolute atomic E-state index is 0.0336. The summed E-state index contributed by atoms with van der Waals surface area (Å²) < 4.78 is 4.38. The molecule has 4 heteroatoms. The van der Waals surface area contributed by atoms with Crippen LogP contribution in [0.25, 0.3) is 0 Å². The Morgan fingerprint density at radius 2 is 2.38 bits per heavy atom. The highest BCUT2D eigenvalue weighted by Crippen LogP contribution is 1.76. The molecule has 0 aliphatic heterocycles. The summed E-state index contributed by atoms with van der Waals surface area (Å²) in [5.41, 5.74) is 0. The second-order valence-corrected chi connectivity index (χ2v) is 1.11. The predicted octanol–water partition coefficient (Wildman–Crippen LogP) is 0.589. The molecule has 0 spiro atoms. The third kappa shape index (κ3) is 5.07. The number of hydrogen-bond donors (Lipinski definition) is 0. The number of azo groups is 1. The Morgan fingerprint density at radius 3 is 2.75 bits per heavy atom. The minimum atomic E-state index is -0.336. The maximum Gasteiger partial charge on any atom is 0.304 e. The van der Waals surface area contributed by atoms with Crippen LogP contribution in [-0.4, -0.2) is 19.7 Å². The van der Waals surface area contributed by atoms with E-state index >= 15 is 0 Å². The molecule has 0 saturated carbocycles. The number of rotatable bonds is 2. The average Bonchev–Trinajstić information content (AvgIpc) is 1.66. The molecule has 0 aromatic rings. The van der Waals surface area contributed by atoms with Crippen molar-refractivity contribution < 1.29 is 9.53 Å². The molecule has 0 fully saturated rings. The first-order valence-electron chi connectivity index (χ1n) is 2.16. The molecule has 0 radical (unpaired) electrons. The van der Waals surface area contributed by atoms with Crippen molar-refractivity contribution in [1.29, 1.82) is 0 Å². The van der Waals surface area contributed by atoms with Crippen LogP contribution in [-0.2, 0) is 9.53 Å². The van der Waals surface area contributed by atoms with Crippen LogP contribution < -0.4 is 0 Å². The predicted molar refractivity (Wildman–Crippen MR) is 27.4 cm³/mol. The molecule has 46 valence electrons. The number of carbonyl (C=O) groups is 1. The van der Waals surface area contributed by atoms with E-state index in [0.717, 1.165) is 0 Å². The fraction of sp³-hybridized carbons (Fsp3) is 0.750. The van der Waals surface area contributed by atoms with Gasteiger partial charge in [-0.2, -0.15) is 10.2 Å². The number of ether oxygens (including phenoxy) is 1. The van der Waals surface area contributed by atoms with Gasteiger partial charge in [0.25, 0.3) is 0 Å². The van der Waals surface area contributed by atoms with Crippen molar-refractivity contribution in [3.05, 3.63) is 0 Å². The van der Waals surface area contributed by atoms with Gasteiger partial charge in [0, 0.05) is 14.0 Å². The van der Waals surface area contributed by atoms with Crippen LogP contribution in [0.3, 0.4) is 0 Å². The smallest absolute Gasteiger partial charge is 0.304 e. The monoisotopic (exact) mass is 116 g/mol. The normalized spacial score (nSPS) is 9.75. The summed E-state index contributed by atoms with van der Waals surface area (Å²) in [5, 5.41) is 6.75. The van der Waals surface area contributed by atoms with E-state index in [1.807, 2.05) is 0 Å². The lowest BCUT2D eigenvalue weighted by atomic mass is 10.8. The largest absolute Gasteiger partial charge is 0.441 e. The molecule has 0 aliphatic rings. The van der Waals surface area contributed by atoms with E-state index in [2.05, 4.69) is 15.0 Å². The van der Waals surface area contributed by atoms with E-state index in [-0.39, 0.29) is 12.7 Å². The van der Waals surface area contributed by atoms with E-state index in [1.165, 1.54) is 14.0 Å². The van der Waals surface area contributed by atoms with Crippen LogP contribution in [0.2, 0.25) is 0 Å². The SMILES string of the molecule is CN=NCOC(C)=O. The van der Waals surface area contributed by atoms with Gasteiger partial charge in [-0.1, -0.05) is 0 Å². The van der Waals surface area contributed by atoms with Crippen molar-refractivity contribution in [3.63, 3.8) is 0 Å². The molecular weight excluding hydrogens is 108 g/mol. The molecule has 0 amide bonds. The summed E-state index contributed by atoms with van der Waals surface area (Å²) in [5.74, 6) is -0.336. The molecule has 0 atom stereocenters. The number of esters is 1. The van der Waals surface area contributed by atoms with Gasteiger partial charge in [-0.25, -0.2) is 0 Å². The van der Waals surface area contributed by atoms with Crippen molar-refractivity contribution in [2.24, 2.45) is 10.2 Å². The van der Waals surface area contributed by atoms with Gasteiger partial charge in [-0.05, 0) is 0 Å². The molecule has 0 N–H and O–H groups in total. The minimum Gasteiger partial charge on any atom is -0.441 e. The Hall–Kier alpha value is -0.930. The highest BCUT2D eigenvalue weighted by Gasteiger charge is 1.85. The first kappa shape index (κ1) is 7.07. The topological polar surface area (TPSA) is 51.0 Å². The fourth-order valence-electron chi connectivity index (χ4n) is 0.178. The lowest BCUT2D eigenvalue weighted by Gasteiger charge is -1.90. The van der Waals surface area contributed by atoms with Gasteiger partial charge in [0.2, 0.25) is 6.73 Å². The standard InChI is InChI=1S/C4H8N2O2/c1-4(7)8-3-6-5-2/h3H2,1-2H3. The zero-order chi connectivity index (χ0) is 6.41. The first-order chi connectivity index (χ1) is 3.77. The average molecular weight is 116 g/mol.